The first-order chi connectivity index (χ1) is 30.4. The number of hydrogen-bond acceptors (Lipinski definition) is 10. The second-order valence-corrected chi connectivity index (χ2v) is 17.2. The molecule has 0 saturated carbocycles. The summed E-state index contributed by atoms with van der Waals surface area (Å²) in [6, 6.07) is 20.7. The van der Waals surface area contributed by atoms with Crippen LogP contribution in [0.15, 0.2) is 84.9 Å². The predicted molar refractivity (Wildman–Crippen MR) is 243 cm³/mol. The lowest BCUT2D eigenvalue weighted by Gasteiger charge is -2.32. The Labute approximate surface area is 377 Å². The Morgan fingerprint density at radius 1 is 0.812 bits per heavy atom. The molecule has 1 heterocycles. The number of carbonyl (C=O) groups excluding carboxylic acids is 7. The number of likely N-dealkylation sites (N-methyl/N-ethyl adjacent to an activating group) is 2. The Kier molecular flexibility index (Phi) is 16.6. The number of hydrogen-bond donors (Lipinski definition) is 5. The Hall–Kier alpha value is -6.38. The van der Waals surface area contributed by atoms with E-state index in [4.69, 9.17) is 23.1 Å². The van der Waals surface area contributed by atoms with E-state index in [1.165, 1.54) is 57.1 Å². The number of rotatable bonds is 16. The smallest absolute Gasteiger partial charge is 0.237 e. The fourth-order valence-electron chi connectivity index (χ4n) is 8.11. The van der Waals surface area contributed by atoms with Gasteiger partial charge in [-0.3, -0.25) is 33.6 Å². The SMILES string of the molecule is C[C@@H]1CC(=O)[C@@H](N(C)C(=O)[C@H](CCCCN)CC(=O)c2ccc(-c3ccc(Cl)cc3)cc2)c2ccc(O)c(c2)-c2cc(ccc2O)C[C@@H](C(=O)C[C@@H](C)C(=O)N(C)CC(N)=O)NC1=O. The Morgan fingerprint density at radius 2 is 1.42 bits per heavy atom. The van der Waals surface area contributed by atoms with Crippen molar-refractivity contribution < 1.29 is 43.8 Å². The van der Waals surface area contributed by atoms with Crippen LogP contribution in [0.2, 0.25) is 5.02 Å². The molecule has 4 aromatic rings. The molecule has 5 atom stereocenters. The average Bonchev–Trinajstić information content (AvgIpc) is 3.26. The number of phenolic OH excluding ortho intramolecular Hbond substituents is 2. The summed E-state index contributed by atoms with van der Waals surface area (Å²) in [5.41, 5.74) is 14.3. The largest absolute Gasteiger partial charge is 0.507 e. The van der Waals surface area contributed by atoms with Gasteiger partial charge in [0, 0.05) is 72.8 Å². The molecule has 4 bridgehead atoms. The molecule has 7 N–H and O–H groups in total. The highest BCUT2D eigenvalue weighted by atomic mass is 35.5. The molecule has 0 aliphatic carbocycles. The van der Waals surface area contributed by atoms with Gasteiger partial charge in [-0.25, -0.2) is 0 Å². The number of halogens is 1. The van der Waals surface area contributed by atoms with Gasteiger partial charge in [0.25, 0.3) is 0 Å². The number of unbranched alkanes of at least 4 members (excludes halogenated alkanes) is 1. The zero-order valence-corrected chi connectivity index (χ0v) is 37.3. The van der Waals surface area contributed by atoms with E-state index < -0.39 is 65.0 Å². The fraction of sp³-hybridized carbons (Fsp3) is 0.367. The molecule has 0 unspecified atom stereocenters. The first-order valence-corrected chi connectivity index (χ1v) is 21.7. The Morgan fingerprint density at radius 3 is 2.05 bits per heavy atom. The lowest BCUT2D eigenvalue weighted by Crippen LogP contribution is -2.47. The first kappa shape index (κ1) is 48.6. The standard InChI is InChI=1S/C49H56ClN5O9/c1-28-21-44(60)46(55(4)49(64)35(7-5-6-20-51)26-42(58)33-11-9-31(10-12-33)32-13-16-36(50)17-14-32)34-15-19-41(57)38(25-34)37-23-30(8-18-40(37)56)24-39(53-47(28)62)43(59)22-29(2)48(63)54(3)27-45(52)61/h8-19,23,25,28-29,35,39,46,56-57H,5-7,20-22,24,26-27,51H2,1-4H3,(H2,52,61)(H,53,62)/t28-,29-,35-,39+,46+/m1/s1. The Balaban J connectivity index is 1.48. The van der Waals surface area contributed by atoms with E-state index >= 15 is 0 Å². The number of aromatic hydroxyl groups is 2. The summed E-state index contributed by atoms with van der Waals surface area (Å²) in [6.45, 7) is 3.08. The van der Waals surface area contributed by atoms with E-state index in [0.717, 1.165) is 16.0 Å². The summed E-state index contributed by atoms with van der Waals surface area (Å²) >= 11 is 6.06. The molecular weight excluding hydrogens is 838 g/mol. The number of primary amides is 1. The molecule has 5 rings (SSSR count). The van der Waals surface area contributed by atoms with E-state index in [0.29, 0.717) is 47.5 Å². The van der Waals surface area contributed by atoms with Crippen molar-refractivity contribution in [3.63, 3.8) is 0 Å². The third kappa shape index (κ3) is 12.2. The summed E-state index contributed by atoms with van der Waals surface area (Å²) in [7, 11) is 2.85. The van der Waals surface area contributed by atoms with Gasteiger partial charge in [-0.15, -0.1) is 0 Å². The van der Waals surface area contributed by atoms with Crippen LogP contribution in [0.4, 0.5) is 0 Å². The minimum atomic E-state index is -1.30. The second-order valence-electron chi connectivity index (χ2n) is 16.7. The quantitative estimate of drug-likeness (QED) is 0.0673. The van der Waals surface area contributed by atoms with E-state index in [1.807, 2.05) is 24.3 Å². The topological polar surface area (TPSA) is 230 Å². The lowest BCUT2D eigenvalue weighted by atomic mass is 9.87. The minimum Gasteiger partial charge on any atom is -0.507 e. The zero-order chi connectivity index (χ0) is 46.8. The van der Waals surface area contributed by atoms with E-state index in [2.05, 4.69) is 5.32 Å². The first-order valence-electron chi connectivity index (χ1n) is 21.3. The van der Waals surface area contributed by atoms with Crippen LogP contribution in [0, 0.1) is 17.8 Å². The van der Waals surface area contributed by atoms with Gasteiger partial charge in [0.05, 0.1) is 12.6 Å². The predicted octanol–water partition coefficient (Wildman–Crippen LogP) is 5.78. The van der Waals surface area contributed by atoms with Crippen LogP contribution in [0.25, 0.3) is 22.3 Å². The highest BCUT2D eigenvalue weighted by molar-refractivity contribution is 6.30. The second kappa shape index (κ2) is 21.8. The van der Waals surface area contributed by atoms with E-state index in [-0.39, 0.29) is 60.6 Å². The third-order valence-corrected chi connectivity index (χ3v) is 11.9. The molecule has 338 valence electrons. The minimum absolute atomic E-state index is 0.0619. The van der Waals surface area contributed by atoms with Gasteiger partial charge in [-0.05, 0) is 84.5 Å². The number of phenols is 2. The molecule has 4 amide bonds. The van der Waals surface area contributed by atoms with Gasteiger partial charge in [-0.2, -0.15) is 0 Å². The molecule has 0 aromatic heterocycles. The third-order valence-electron chi connectivity index (χ3n) is 11.7. The van der Waals surface area contributed by atoms with Crippen molar-refractivity contribution in [2.75, 3.05) is 27.2 Å². The van der Waals surface area contributed by atoms with Crippen molar-refractivity contribution in [1.82, 2.24) is 15.1 Å². The van der Waals surface area contributed by atoms with Crippen LogP contribution in [0.5, 0.6) is 11.5 Å². The number of Topliss-reactive ketones (excluding diaryl/α,β-unsaturated/α-hetero) is 3. The number of amides is 4. The highest BCUT2D eigenvalue weighted by Gasteiger charge is 2.36. The van der Waals surface area contributed by atoms with Gasteiger partial charge >= 0.3 is 0 Å². The number of fused-ring (bicyclic) bond motifs is 5. The number of nitrogens with two attached hydrogens (primary N) is 2. The van der Waals surface area contributed by atoms with E-state index in [9.17, 15) is 43.8 Å². The van der Waals surface area contributed by atoms with Crippen molar-refractivity contribution in [2.24, 2.45) is 29.2 Å². The maximum atomic E-state index is 14.7. The molecule has 1 aliphatic heterocycles. The number of benzene rings is 4. The zero-order valence-electron chi connectivity index (χ0n) is 36.5. The molecule has 0 spiro atoms. The molecule has 0 fully saturated rings. The summed E-state index contributed by atoms with van der Waals surface area (Å²) < 4.78 is 0. The molecule has 0 radical (unpaired) electrons. The maximum Gasteiger partial charge on any atom is 0.237 e. The fourth-order valence-corrected chi connectivity index (χ4v) is 8.23. The van der Waals surface area contributed by atoms with Crippen LogP contribution in [-0.2, 0) is 35.2 Å². The molecule has 0 saturated heterocycles. The number of nitrogens with one attached hydrogen (secondary N) is 1. The van der Waals surface area contributed by atoms with Gasteiger partial charge in [0.15, 0.2) is 17.3 Å². The number of nitrogens with zero attached hydrogens (tertiary/aromatic N) is 2. The molecule has 1 aliphatic rings. The summed E-state index contributed by atoms with van der Waals surface area (Å²) in [5, 5.41) is 25.7. The average molecular weight is 894 g/mol. The van der Waals surface area contributed by atoms with Crippen LogP contribution in [0.3, 0.4) is 0 Å². The molecular formula is C49H56ClN5O9. The number of carbonyl (C=O) groups is 7. The molecule has 4 aromatic carbocycles. The summed E-state index contributed by atoms with van der Waals surface area (Å²) in [4.78, 5) is 97.7. The summed E-state index contributed by atoms with van der Waals surface area (Å²) in [5.74, 6) is -6.83. The van der Waals surface area contributed by atoms with Crippen LogP contribution in [0.1, 0.15) is 79.9 Å². The molecule has 14 nitrogen and oxygen atoms in total. The molecule has 15 heteroatoms. The van der Waals surface area contributed by atoms with Crippen LogP contribution < -0.4 is 16.8 Å². The van der Waals surface area contributed by atoms with E-state index in [1.54, 1.807) is 36.4 Å². The van der Waals surface area contributed by atoms with Crippen molar-refractivity contribution >= 4 is 52.6 Å². The highest BCUT2D eigenvalue weighted by Crippen LogP contribution is 2.40. The summed E-state index contributed by atoms with van der Waals surface area (Å²) in [6.07, 6.45) is 0.551. The molecule has 64 heavy (non-hydrogen) atoms. The van der Waals surface area contributed by atoms with Crippen LogP contribution in [-0.4, -0.2) is 94.2 Å². The van der Waals surface area contributed by atoms with Crippen molar-refractivity contribution in [1.29, 1.82) is 0 Å². The van der Waals surface area contributed by atoms with Crippen molar-refractivity contribution in [3.05, 3.63) is 107 Å². The number of ketones is 3. The van der Waals surface area contributed by atoms with Gasteiger partial charge in [0.1, 0.15) is 17.5 Å². The Bertz CT molecular complexity index is 2390. The van der Waals surface area contributed by atoms with Crippen molar-refractivity contribution in [2.45, 2.75) is 70.9 Å². The van der Waals surface area contributed by atoms with Crippen molar-refractivity contribution in [3.8, 4) is 33.8 Å². The monoisotopic (exact) mass is 893 g/mol. The van der Waals surface area contributed by atoms with Gasteiger partial charge < -0.3 is 36.8 Å². The normalized spacial score (nSPS) is 17.3. The van der Waals surface area contributed by atoms with Gasteiger partial charge in [0.2, 0.25) is 23.6 Å². The van der Waals surface area contributed by atoms with Crippen LogP contribution >= 0.6 is 11.6 Å². The maximum absolute atomic E-state index is 14.7. The van der Waals surface area contributed by atoms with Gasteiger partial charge in [-0.1, -0.05) is 80.4 Å². The lowest BCUT2D eigenvalue weighted by molar-refractivity contribution is -0.142.